The van der Waals surface area contributed by atoms with Crippen LogP contribution >= 0.6 is 0 Å². The van der Waals surface area contributed by atoms with Gasteiger partial charge < -0.3 is 15.0 Å². The van der Waals surface area contributed by atoms with Crippen molar-refractivity contribution < 1.29 is 14.3 Å². The van der Waals surface area contributed by atoms with Crippen LogP contribution in [0, 0.1) is 11.3 Å². The minimum atomic E-state index is -0.886. The number of nitrogens with one attached hydrogen (secondary N) is 1. The number of likely N-dealkylation sites (N-methyl/N-ethyl adjacent to an activating group) is 1. The Morgan fingerprint density at radius 3 is 2.89 bits per heavy atom. The zero-order valence-corrected chi connectivity index (χ0v) is 20.2. The maximum atomic E-state index is 13.3. The number of nitriles is 1. The Labute approximate surface area is 213 Å². The lowest BCUT2D eigenvalue weighted by molar-refractivity contribution is -0.124. The van der Waals surface area contributed by atoms with Gasteiger partial charge in [-0.3, -0.25) is 14.6 Å². The molecule has 2 aliphatic heterocycles. The lowest BCUT2D eigenvalue weighted by Gasteiger charge is -2.20. The molecule has 1 atom stereocenters. The quantitative estimate of drug-likeness (QED) is 0.525. The fourth-order valence-electron chi connectivity index (χ4n) is 4.26. The first-order chi connectivity index (χ1) is 18.0. The summed E-state index contributed by atoms with van der Waals surface area (Å²) in [5.74, 6) is 0.239. The second kappa shape index (κ2) is 10.4. The van der Waals surface area contributed by atoms with Gasteiger partial charge >= 0.3 is 0 Å². The van der Waals surface area contributed by atoms with Crippen molar-refractivity contribution in [3.8, 4) is 23.2 Å². The first-order valence-corrected chi connectivity index (χ1v) is 11.8. The van der Waals surface area contributed by atoms with Gasteiger partial charge in [-0.25, -0.2) is 4.68 Å². The number of tetrazole rings is 1. The van der Waals surface area contributed by atoms with E-state index in [-0.39, 0.29) is 18.9 Å². The molecule has 0 unspecified atom stereocenters. The van der Waals surface area contributed by atoms with E-state index in [9.17, 15) is 9.59 Å². The van der Waals surface area contributed by atoms with Crippen molar-refractivity contribution in [2.45, 2.75) is 25.4 Å². The molecule has 0 aliphatic carbocycles. The lowest BCUT2D eigenvalue weighted by Crippen LogP contribution is -2.50. The monoisotopic (exact) mass is 496 g/mol. The molecular formula is C26H24N8O3. The summed E-state index contributed by atoms with van der Waals surface area (Å²) in [5.41, 5.74) is 3.68. The molecule has 0 radical (unpaired) electrons. The number of hydrogen-bond acceptors (Lipinski definition) is 8. The number of hydrogen-bond donors (Lipinski definition) is 1. The minimum Gasteiger partial charge on any atom is -0.489 e. The topological polar surface area (TPSA) is 138 Å². The van der Waals surface area contributed by atoms with E-state index in [2.05, 4.69) is 31.9 Å². The van der Waals surface area contributed by atoms with E-state index in [4.69, 9.17) is 10.00 Å². The first kappa shape index (κ1) is 23.9. The van der Waals surface area contributed by atoms with Crippen LogP contribution < -0.4 is 15.0 Å². The zero-order chi connectivity index (χ0) is 25.8. The number of benzene rings is 2. The molecule has 0 saturated heterocycles. The van der Waals surface area contributed by atoms with Gasteiger partial charge in [0.15, 0.2) is 5.82 Å². The van der Waals surface area contributed by atoms with Gasteiger partial charge in [0, 0.05) is 12.6 Å². The number of fused-ring (bicyclic) bond motifs is 1. The highest BCUT2D eigenvalue weighted by Crippen LogP contribution is 2.34. The Morgan fingerprint density at radius 1 is 1.24 bits per heavy atom. The highest BCUT2D eigenvalue weighted by Gasteiger charge is 2.32. The lowest BCUT2D eigenvalue weighted by atomic mass is 10.1. The molecule has 5 rings (SSSR count). The number of amides is 2. The van der Waals surface area contributed by atoms with Crippen LogP contribution in [-0.2, 0) is 22.6 Å². The van der Waals surface area contributed by atoms with Crippen LogP contribution in [0.3, 0.4) is 0 Å². The Hall–Kier alpha value is -4.85. The number of nitrogens with zero attached hydrogens (tertiary/aromatic N) is 7. The van der Waals surface area contributed by atoms with Crippen LogP contribution in [0.4, 0.5) is 5.69 Å². The van der Waals surface area contributed by atoms with Gasteiger partial charge in [0.25, 0.3) is 11.8 Å². The van der Waals surface area contributed by atoms with E-state index >= 15 is 0 Å². The third-order valence-electron chi connectivity index (χ3n) is 6.19. The summed E-state index contributed by atoms with van der Waals surface area (Å²) in [6.45, 7) is 0.782. The molecule has 1 aromatic heterocycles. The van der Waals surface area contributed by atoms with Crippen LogP contribution in [0.1, 0.15) is 12.0 Å². The van der Waals surface area contributed by atoms with Crippen LogP contribution in [0.25, 0.3) is 11.4 Å². The van der Waals surface area contributed by atoms with Crippen molar-refractivity contribution >= 4 is 23.2 Å². The van der Waals surface area contributed by atoms with Crippen molar-refractivity contribution in [2.75, 3.05) is 25.1 Å². The third-order valence-corrected chi connectivity index (χ3v) is 6.19. The predicted octanol–water partition coefficient (Wildman–Crippen LogP) is 1.72. The highest BCUT2D eigenvalue weighted by atomic mass is 16.5. The fourth-order valence-corrected chi connectivity index (χ4v) is 4.26. The summed E-state index contributed by atoms with van der Waals surface area (Å²) in [6.07, 6.45) is 2.76. The van der Waals surface area contributed by atoms with Crippen molar-refractivity contribution in [3.63, 3.8) is 0 Å². The van der Waals surface area contributed by atoms with Crippen molar-refractivity contribution in [1.29, 1.82) is 5.26 Å². The smallest absolute Gasteiger partial charge is 0.270 e. The largest absolute Gasteiger partial charge is 0.489 e. The number of anilines is 1. The Morgan fingerprint density at radius 2 is 2.08 bits per heavy atom. The maximum Gasteiger partial charge on any atom is 0.270 e. The second-order valence-corrected chi connectivity index (χ2v) is 8.72. The first-order valence-electron chi connectivity index (χ1n) is 11.8. The number of ether oxygens (including phenoxy) is 1. The SMILES string of the molecule is CN1C(=O)[C@@H](NC(=O)C2=NCC(Cc3ccccc3)=C2)COc2ccc(-c3nnnn3CCC#N)cc21. The molecule has 3 aromatic rings. The third kappa shape index (κ3) is 5.08. The molecule has 11 nitrogen and oxygen atoms in total. The molecule has 2 aromatic carbocycles. The van der Waals surface area contributed by atoms with Crippen molar-refractivity contribution in [2.24, 2.45) is 4.99 Å². The van der Waals surface area contributed by atoms with E-state index in [0.717, 1.165) is 11.1 Å². The number of rotatable bonds is 7. The van der Waals surface area contributed by atoms with Gasteiger partial charge in [0.05, 0.1) is 31.3 Å². The number of aryl methyl sites for hydroxylation is 1. The summed E-state index contributed by atoms with van der Waals surface area (Å²) in [5, 5.41) is 23.4. The van der Waals surface area contributed by atoms with Crippen LogP contribution in [-0.4, -0.2) is 64.0 Å². The summed E-state index contributed by atoms with van der Waals surface area (Å²) >= 11 is 0. The van der Waals surface area contributed by atoms with Gasteiger partial charge in [-0.05, 0) is 52.3 Å². The number of aliphatic imine (C=N–C) groups is 1. The fraction of sp³-hybridized carbons (Fsp3) is 0.269. The molecule has 1 N–H and O–H groups in total. The molecule has 0 saturated carbocycles. The summed E-state index contributed by atoms with van der Waals surface area (Å²) in [4.78, 5) is 32.0. The predicted molar refractivity (Wildman–Crippen MR) is 135 cm³/mol. The molecule has 186 valence electrons. The molecule has 3 heterocycles. The summed E-state index contributed by atoms with van der Waals surface area (Å²) < 4.78 is 7.44. The van der Waals surface area contributed by atoms with Gasteiger partial charge in [0.1, 0.15) is 24.1 Å². The number of carbonyl (C=O) groups is 2. The van der Waals surface area contributed by atoms with Gasteiger partial charge in [-0.2, -0.15) is 5.26 Å². The van der Waals surface area contributed by atoms with Crippen LogP contribution in [0.2, 0.25) is 0 Å². The Bertz CT molecular complexity index is 1440. The van der Waals surface area contributed by atoms with E-state index < -0.39 is 11.9 Å². The highest BCUT2D eigenvalue weighted by molar-refractivity contribution is 6.44. The molecular weight excluding hydrogens is 472 g/mol. The number of carbonyl (C=O) groups excluding carboxylic acids is 2. The van der Waals surface area contributed by atoms with Gasteiger partial charge in [0.2, 0.25) is 0 Å². The number of aromatic nitrogens is 4. The van der Waals surface area contributed by atoms with E-state index in [1.807, 2.05) is 30.3 Å². The van der Waals surface area contributed by atoms with Gasteiger partial charge in [-0.15, -0.1) is 5.10 Å². The van der Waals surface area contributed by atoms with Crippen LogP contribution in [0.15, 0.2) is 65.2 Å². The van der Waals surface area contributed by atoms with Crippen molar-refractivity contribution in [1.82, 2.24) is 25.5 Å². The van der Waals surface area contributed by atoms with Gasteiger partial charge in [-0.1, -0.05) is 30.3 Å². The summed E-state index contributed by atoms with van der Waals surface area (Å²) in [7, 11) is 1.63. The standard InChI is InChI=1S/C26H24N8O3/c1-33-22-14-19(24-30-31-32-34(24)11-5-10-27)8-9-23(22)37-16-21(26(33)36)29-25(35)20-13-18(15-28-20)12-17-6-3-2-4-7-17/h2-4,6-9,13-14,21H,5,11-12,15-16H2,1H3,(H,29,35)/t21-/m0/s1. The zero-order valence-electron chi connectivity index (χ0n) is 20.2. The average molecular weight is 497 g/mol. The molecule has 2 aliphatic rings. The Balaban J connectivity index is 1.28. The van der Waals surface area contributed by atoms with E-state index in [1.54, 1.807) is 31.3 Å². The Kier molecular flexibility index (Phi) is 6.72. The molecule has 0 fully saturated rings. The van der Waals surface area contributed by atoms with Crippen molar-refractivity contribution in [3.05, 3.63) is 65.7 Å². The maximum absolute atomic E-state index is 13.3. The van der Waals surface area contributed by atoms with E-state index in [0.29, 0.717) is 48.0 Å². The summed E-state index contributed by atoms with van der Waals surface area (Å²) in [6, 6.07) is 16.5. The van der Waals surface area contributed by atoms with E-state index in [1.165, 1.54) is 9.58 Å². The minimum absolute atomic E-state index is 0.0188. The van der Waals surface area contributed by atoms with Crippen LogP contribution in [0.5, 0.6) is 5.75 Å². The molecule has 0 bridgehead atoms. The molecule has 2 amide bonds. The normalized spacial score (nSPS) is 16.7. The molecule has 37 heavy (non-hydrogen) atoms. The average Bonchev–Trinajstić information content (AvgIpc) is 3.57. The molecule has 11 heteroatoms. The molecule has 0 spiro atoms. The second-order valence-electron chi connectivity index (χ2n) is 8.72.